The molecular formula is C26H41BrN2O3. The first-order valence-electron chi connectivity index (χ1n) is 11.7. The Balaban J connectivity index is 1.74. The second-order valence-electron chi connectivity index (χ2n) is 8.44. The number of benzene rings is 1. The van der Waals surface area contributed by atoms with Crippen LogP contribution in [0.1, 0.15) is 56.7 Å². The van der Waals surface area contributed by atoms with Gasteiger partial charge in [-0.1, -0.05) is 60.1 Å². The molecule has 2 rings (SSSR count). The Bertz CT molecular complexity index is 718. The number of hydroxylamine groups is 2. The molecule has 0 saturated carbocycles. The monoisotopic (exact) mass is 508 g/mol. The highest BCUT2D eigenvalue weighted by Crippen LogP contribution is 2.29. The Labute approximate surface area is 203 Å². The third-order valence-electron chi connectivity index (χ3n) is 5.91. The standard InChI is InChI=1S/C26H41BrN2O3/c1-6-26(29(4)32-20-19-31-18-17-28(3)16-15-21(2)27)24-9-7-22(8-10-24)23-11-13-25(30-5)14-12-23/h7-11,13,21,26H,6,12,14-20H2,1-5H3. The Kier molecular flexibility index (Phi) is 12.6. The second-order valence-corrected chi connectivity index (χ2v) is 10.0. The second kappa shape index (κ2) is 14.9. The number of ether oxygens (including phenoxy) is 2. The molecule has 0 aliphatic heterocycles. The largest absolute Gasteiger partial charge is 0.501 e. The quantitative estimate of drug-likeness (QED) is 0.169. The van der Waals surface area contributed by atoms with E-state index >= 15 is 0 Å². The number of alkyl halides is 1. The first kappa shape index (κ1) is 27.1. The summed E-state index contributed by atoms with van der Waals surface area (Å²) in [5.41, 5.74) is 3.91. The molecule has 0 spiro atoms. The van der Waals surface area contributed by atoms with Gasteiger partial charge in [-0.05, 0) is 55.6 Å². The van der Waals surface area contributed by atoms with Crippen LogP contribution in [0.25, 0.3) is 5.57 Å². The zero-order valence-corrected chi connectivity index (χ0v) is 22.1. The molecule has 2 atom stereocenters. The van der Waals surface area contributed by atoms with Crippen LogP contribution < -0.4 is 0 Å². The van der Waals surface area contributed by atoms with Crippen LogP contribution in [0.2, 0.25) is 0 Å². The van der Waals surface area contributed by atoms with Crippen LogP contribution >= 0.6 is 15.9 Å². The summed E-state index contributed by atoms with van der Waals surface area (Å²) < 4.78 is 11.1. The molecule has 0 radical (unpaired) electrons. The highest BCUT2D eigenvalue weighted by Gasteiger charge is 2.17. The summed E-state index contributed by atoms with van der Waals surface area (Å²) in [6, 6.07) is 9.11. The molecule has 1 aromatic rings. The van der Waals surface area contributed by atoms with E-state index in [0.29, 0.717) is 18.0 Å². The summed E-state index contributed by atoms with van der Waals surface area (Å²) in [5.74, 6) is 1.05. The van der Waals surface area contributed by atoms with Gasteiger partial charge in [-0.2, -0.15) is 5.06 Å². The molecule has 2 unspecified atom stereocenters. The van der Waals surface area contributed by atoms with E-state index in [2.05, 4.69) is 78.1 Å². The fourth-order valence-electron chi connectivity index (χ4n) is 3.81. The van der Waals surface area contributed by atoms with Gasteiger partial charge >= 0.3 is 0 Å². The van der Waals surface area contributed by atoms with Crippen molar-refractivity contribution in [2.24, 2.45) is 0 Å². The van der Waals surface area contributed by atoms with E-state index in [9.17, 15) is 0 Å². The number of halogens is 1. The normalized spacial score (nSPS) is 16.1. The third-order valence-corrected chi connectivity index (χ3v) is 6.37. The zero-order valence-electron chi connectivity index (χ0n) is 20.5. The van der Waals surface area contributed by atoms with Gasteiger partial charge in [-0.15, -0.1) is 0 Å². The van der Waals surface area contributed by atoms with Crippen LogP contribution in [0.5, 0.6) is 0 Å². The number of nitrogens with zero attached hydrogens (tertiary/aromatic N) is 2. The summed E-state index contributed by atoms with van der Waals surface area (Å²) in [4.78, 5) is 8.82. The van der Waals surface area contributed by atoms with E-state index in [1.807, 2.05) is 12.1 Å². The van der Waals surface area contributed by atoms with Crippen molar-refractivity contribution >= 4 is 21.5 Å². The Morgan fingerprint density at radius 1 is 1.00 bits per heavy atom. The van der Waals surface area contributed by atoms with E-state index in [4.69, 9.17) is 14.3 Å². The maximum absolute atomic E-state index is 5.96. The summed E-state index contributed by atoms with van der Waals surface area (Å²) in [6.45, 7) is 8.29. The van der Waals surface area contributed by atoms with Crippen LogP contribution in [-0.2, 0) is 14.3 Å². The van der Waals surface area contributed by atoms with Crippen molar-refractivity contribution in [2.75, 3.05) is 54.1 Å². The minimum absolute atomic E-state index is 0.224. The predicted molar refractivity (Wildman–Crippen MR) is 137 cm³/mol. The van der Waals surface area contributed by atoms with E-state index < -0.39 is 0 Å². The lowest BCUT2D eigenvalue weighted by molar-refractivity contribution is -0.180. The summed E-state index contributed by atoms with van der Waals surface area (Å²) in [5, 5.41) is 1.97. The Morgan fingerprint density at radius 2 is 1.75 bits per heavy atom. The number of rotatable bonds is 15. The number of hydrogen-bond donors (Lipinski definition) is 0. The molecule has 0 saturated heterocycles. The van der Waals surface area contributed by atoms with Gasteiger partial charge < -0.3 is 14.4 Å². The van der Waals surface area contributed by atoms with Crippen molar-refractivity contribution in [1.29, 1.82) is 0 Å². The summed E-state index contributed by atoms with van der Waals surface area (Å²) in [7, 11) is 5.89. The van der Waals surface area contributed by atoms with Crippen LogP contribution in [0.3, 0.4) is 0 Å². The summed E-state index contributed by atoms with van der Waals surface area (Å²) in [6.07, 6.45) is 8.36. The third kappa shape index (κ3) is 9.36. The lowest BCUT2D eigenvalue weighted by Gasteiger charge is -2.27. The van der Waals surface area contributed by atoms with E-state index in [0.717, 1.165) is 51.1 Å². The van der Waals surface area contributed by atoms with Gasteiger partial charge in [0.2, 0.25) is 0 Å². The fraction of sp³-hybridized carbons (Fsp3) is 0.615. The lowest BCUT2D eigenvalue weighted by Crippen LogP contribution is -2.28. The molecule has 0 fully saturated rings. The Hall–Kier alpha value is -1.18. The van der Waals surface area contributed by atoms with Gasteiger partial charge in [0, 0.05) is 24.8 Å². The van der Waals surface area contributed by atoms with E-state index in [1.165, 1.54) is 16.7 Å². The smallest absolute Gasteiger partial charge is 0.0958 e. The molecular weight excluding hydrogens is 468 g/mol. The highest BCUT2D eigenvalue weighted by atomic mass is 79.9. The van der Waals surface area contributed by atoms with Gasteiger partial charge in [0.1, 0.15) is 0 Å². The van der Waals surface area contributed by atoms with E-state index in [-0.39, 0.29) is 6.04 Å². The molecule has 1 aromatic carbocycles. The first-order chi connectivity index (χ1) is 15.4. The molecule has 1 aliphatic carbocycles. The highest BCUT2D eigenvalue weighted by molar-refractivity contribution is 9.09. The fourth-order valence-corrected chi connectivity index (χ4v) is 4.02. The van der Waals surface area contributed by atoms with Gasteiger partial charge in [0.25, 0.3) is 0 Å². The van der Waals surface area contributed by atoms with Crippen molar-refractivity contribution in [3.63, 3.8) is 0 Å². The van der Waals surface area contributed by atoms with Crippen LogP contribution in [0.4, 0.5) is 0 Å². The number of allylic oxidation sites excluding steroid dienone is 4. The average Bonchev–Trinajstić information content (AvgIpc) is 2.81. The topological polar surface area (TPSA) is 34.2 Å². The minimum atomic E-state index is 0.224. The zero-order chi connectivity index (χ0) is 23.3. The van der Waals surface area contributed by atoms with Crippen molar-refractivity contribution in [2.45, 2.75) is 50.4 Å². The predicted octanol–water partition coefficient (Wildman–Crippen LogP) is 5.83. The molecule has 0 bridgehead atoms. The molecule has 0 heterocycles. The molecule has 0 N–H and O–H groups in total. The lowest BCUT2D eigenvalue weighted by atomic mass is 9.94. The molecule has 0 aromatic heterocycles. The number of methoxy groups -OCH3 is 1. The van der Waals surface area contributed by atoms with Crippen molar-refractivity contribution in [3.8, 4) is 0 Å². The van der Waals surface area contributed by atoms with E-state index in [1.54, 1.807) is 7.11 Å². The minimum Gasteiger partial charge on any atom is -0.501 e. The molecule has 0 amide bonds. The van der Waals surface area contributed by atoms with Gasteiger partial charge in [0.15, 0.2) is 0 Å². The molecule has 5 nitrogen and oxygen atoms in total. The average molecular weight is 510 g/mol. The molecule has 180 valence electrons. The number of hydrogen-bond acceptors (Lipinski definition) is 5. The Morgan fingerprint density at radius 3 is 2.34 bits per heavy atom. The maximum Gasteiger partial charge on any atom is 0.0958 e. The molecule has 6 heteroatoms. The van der Waals surface area contributed by atoms with Gasteiger partial charge in [-0.3, -0.25) is 4.84 Å². The SMILES string of the molecule is CCC(c1ccc(C2=CC=C(OC)CC2)cc1)N(C)OCCOCCN(C)CCC(C)Br. The number of likely N-dealkylation sites (N-methyl/N-ethyl adjacent to an activating group) is 1. The van der Waals surface area contributed by atoms with Crippen LogP contribution in [-0.4, -0.2) is 68.9 Å². The maximum atomic E-state index is 5.96. The van der Waals surface area contributed by atoms with Gasteiger partial charge in [0.05, 0.1) is 38.7 Å². The van der Waals surface area contributed by atoms with Crippen molar-refractivity contribution < 1.29 is 14.3 Å². The molecule has 32 heavy (non-hydrogen) atoms. The van der Waals surface area contributed by atoms with Crippen molar-refractivity contribution in [1.82, 2.24) is 9.96 Å². The van der Waals surface area contributed by atoms with Crippen LogP contribution in [0.15, 0.2) is 42.2 Å². The molecule has 1 aliphatic rings. The van der Waals surface area contributed by atoms with Gasteiger partial charge in [-0.25, -0.2) is 0 Å². The van der Waals surface area contributed by atoms with Crippen LogP contribution in [0, 0.1) is 0 Å². The first-order valence-corrected chi connectivity index (χ1v) is 12.7. The van der Waals surface area contributed by atoms with Crippen molar-refractivity contribution in [3.05, 3.63) is 53.3 Å². The summed E-state index contributed by atoms with van der Waals surface area (Å²) >= 11 is 3.59.